The highest BCUT2D eigenvalue weighted by Crippen LogP contribution is 2.36. The van der Waals surface area contributed by atoms with Crippen LogP contribution in [0, 0.1) is 0 Å². The molecule has 2 fully saturated rings. The minimum atomic E-state index is -0.0517. The molecule has 4 rings (SSSR count). The molecule has 1 aromatic carbocycles. The second-order valence-electron chi connectivity index (χ2n) is 7.65. The highest BCUT2D eigenvalue weighted by molar-refractivity contribution is 6.42. The normalized spacial score (nSPS) is 17.8. The van der Waals surface area contributed by atoms with E-state index in [-0.39, 0.29) is 6.03 Å². The molecule has 2 aliphatic rings. The number of carbonyl (C=O) groups excluding carboxylic acids is 1. The Morgan fingerprint density at radius 2 is 1.80 bits per heavy atom. The molecule has 3 heterocycles. The molecule has 0 bridgehead atoms. The molecule has 0 spiro atoms. The van der Waals surface area contributed by atoms with Crippen LogP contribution >= 0.6 is 23.2 Å². The van der Waals surface area contributed by atoms with Gasteiger partial charge < -0.3 is 19.9 Å². The molecular formula is C22H26Cl2N4O2. The van der Waals surface area contributed by atoms with Crippen LogP contribution in [0.1, 0.15) is 30.0 Å². The quantitative estimate of drug-likeness (QED) is 0.756. The number of nitrogens with zero attached hydrogens (tertiary/aromatic N) is 3. The summed E-state index contributed by atoms with van der Waals surface area (Å²) in [6.45, 7) is 4.93. The van der Waals surface area contributed by atoms with Crippen molar-refractivity contribution in [3.8, 4) is 0 Å². The van der Waals surface area contributed by atoms with Gasteiger partial charge in [-0.3, -0.25) is 0 Å². The number of ether oxygens (including phenoxy) is 1. The number of pyridine rings is 1. The fourth-order valence-electron chi connectivity index (χ4n) is 4.04. The summed E-state index contributed by atoms with van der Waals surface area (Å²) >= 11 is 12.5. The molecule has 0 atom stereocenters. The summed E-state index contributed by atoms with van der Waals surface area (Å²) in [5.41, 5.74) is 1.93. The number of amides is 2. The number of likely N-dealkylation sites (tertiary alicyclic amines) is 1. The van der Waals surface area contributed by atoms with Gasteiger partial charge in [0.15, 0.2) is 0 Å². The van der Waals surface area contributed by atoms with Crippen LogP contribution in [-0.2, 0) is 11.3 Å². The monoisotopic (exact) mass is 448 g/mol. The molecule has 30 heavy (non-hydrogen) atoms. The average molecular weight is 449 g/mol. The predicted molar refractivity (Wildman–Crippen MR) is 120 cm³/mol. The number of morpholine rings is 1. The number of carbonyl (C=O) groups is 1. The van der Waals surface area contributed by atoms with Crippen LogP contribution in [0.25, 0.3) is 0 Å². The van der Waals surface area contributed by atoms with Crippen molar-refractivity contribution in [3.05, 3.63) is 57.7 Å². The van der Waals surface area contributed by atoms with Gasteiger partial charge in [0.2, 0.25) is 0 Å². The van der Waals surface area contributed by atoms with Gasteiger partial charge in [0.25, 0.3) is 0 Å². The largest absolute Gasteiger partial charge is 0.378 e. The lowest BCUT2D eigenvalue weighted by Gasteiger charge is -2.32. The van der Waals surface area contributed by atoms with Gasteiger partial charge in [-0.15, -0.1) is 0 Å². The van der Waals surface area contributed by atoms with Gasteiger partial charge in [0.1, 0.15) is 5.82 Å². The third kappa shape index (κ3) is 4.99. The van der Waals surface area contributed by atoms with Crippen molar-refractivity contribution >= 4 is 35.1 Å². The summed E-state index contributed by atoms with van der Waals surface area (Å²) in [5, 5.41) is 4.23. The predicted octanol–water partition coefficient (Wildman–Crippen LogP) is 4.31. The van der Waals surface area contributed by atoms with Crippen LogP contribution in [0.3, 0.4) is 0 Å². The Morgan fingerprint density at radius 3 is 2.57 bits per heavy atom. The number of benzene rings is 1. The van der Waals surface area contributed by atoms with E-state index in [4.69, 9.17) is 32.9 Å². The van der Waals surface area contributed by atoms with Crippen LogP contribution in [0.4, 0.5) is 10.6 Å². The zero-order valence-electron chi connectivity index (χ0n) is 16.8. The van der Waals surface area contributed by atoms with Crippen molar-refractivity contribution in [2.75, 3.05) is 44.3 Å². The molecule has 8 heteroatoms. The number of hydrogen-bond acceptors (Lipinski definition) is 4. The summed E-state index contributed by atoms with van der Waals surface area (Å²) < 4.78 is 5.40. The van der Waals surface area contributed by atoms with Gasteiger partial charge >= 0.3 is 6.03 Å². The summed E-state index contributed by atoms with van der Waals surface area (Å²) in [6.07, 6.45) is 1.75. The third-order valence-electron chi connectivity index (χ3n) is 5.75. The van der Waals surface area contributed by atoms with E-state index in [1.54, 1.807) is 6.07 Å². The lowest BCUT2D eigenvalue weighted by Crippen LogP contribution is -2.44. The first-order chi connectivity index (χ1) is 14.6. The minimum absolute atomic E-state index is 0.0517. The van der Waals surface area contributed by atoms with E-state index in [0.717, 1.165) is 56.2 Å². The van der Waals surface area contributed by atoms with Gasteiger partial charge in [0.05, 0.1) is 35.5 Å². The molecule has 0 radical (unpaired) electrons. The van der Waals surface area contributed by atoms with Crippen molar-refractivity contribution in [2.45, 2.75) is 25.3 Å². The number of halogens is 2. The highest BCUT2D eigenvalue weighted by Gasteiger charge is 2.25. The Morgan fingerprint density at radius 1 is 1.07 bits per heavy atom. The Bertz CT molecular complexity index is 881. The standard InChI is InChI=1S/C22H26Cl2N4O2/c23-19-5-2-4-18(21(19)24)16-7-9-28(10-8-16)22(29)25-15-17-3-1-6-20(26-17)27-11-13-30-14-12-27/h1-6,16H,7-15H2,(H,25,29). The minimum Gasteiger partial charge on any atom is -0.378 e. The number of hydrogen-bond donors (Lipinski definition) is 1. The fraction of sp³-hybridized carbons (Fsp3) is 0.455. The summed E-state index contributed by atoms with van der Waals surface area (Å²) in [6, 6.07) is 11.6. The number of rotatable bonds is 4. The van der Waals surface area contributed by atoms with Crippen molar-refractivity contribution < 1.29 is 9.53 Å². The first kappa shape index (κ1) is 21.2. The van der Waals surface area contributed by atoms with Crippen LogP contribution in [0.5, 0.6) is 0 Å². The van der Waals surface area contributed by atoms with Gasteiger partial charge in [-0.2, -0.15) is 0 Å². The molecule has 0 unspecified atom stereocenters. The first-order valence-corrected chi connectivity index (χ1v) is 11.1. The van der Waals surface area contributed by atoms with E-state index in [1.165, 1.54) is 0 Å². The number of aromatic nitrogens is 1. The molecule has 160 valence electrons. The lowest BCUT2D eigenvalue weighted by atomic mass is 9.89. The first-order valence-electron chi connectivity index (χ1n) is 10.4. The smallest absolute Gasteiger partial charge is 0.317 e. The maximum Gasteiger partial charge on any atom is 0.317 e. The summed E-state index contributed by atoms with van der Waals surface area (Å²) in [5.74, 6) is 1.26. The van der Waals surface area contributed by atoms with Gasteiger partial charge in [0, 0.05) is 26.2 Å². The van der Waals surface area contributed by atoms with Gasteiger partial charge in [-0.05, 0) is 42.5 Å². The Hall–Kier alpha value is -2.02. The highest BCUT2D eigenvalue weighted by atomic mass is 35.5. The van der Waals surface area contributed by atoms with Crippen molar-refractivity contribution in [3.63, 3.8) is 0 Å². The van der Waals surface area contributed by atoms with Crippen LogP contribution in [-0.4, -0.2) is 55.3 Å². The van der Waals surface area contributed by atoms with Crippen LogP contribution in [0.15, 0.2) is 36.4 Å². The molecule has 0 aliphatic carbocycles. The molecule has 2 amide bonds. The van der Waals surface area contributed by atoms with Gasteiger partial charge in [-0.25, -0.2) is 9.78 Å². The molecule has 2 saturated heterocycles. The molecule has 2 aromatic rings. The zero-order chi connectivity index (χ0) is 20.9. The van der Waals surface area contributed by atoms with E-state index in [1.807, 2.05) is 35.2 Å². The summed E-state index contributed by atoms with van der Waals surface area (Å²) in [4.78, 5) is 21.4. The number of piperidine rings is 1. The summed E-state index contributed by atoms with van der Waals surface area (Å²) in [7, 11) is 0. The van der Waals surface area contributed by atoms with Crippen molar-refractivity contribution in [2.24, 2.45) is 0 Å². The molecule has 1 aromatic heterocycles. The Labute approximate surface area is 187 Å². The SMILES string of the molecule is O=C(NCc1cccc(N2CCOCC2)n1)N1CCC(c2cccc(Cl)c2Cl)CC1. The zero-order valence-corrected chi connectivity index (χ0v) is 18.3. The van der Waals surface area contributed by atoms with E-state index >= 15 is 0 Å². The third-order valence-corrected chi connectivity index (χ3v) is 6.58. The molecule has 6 nitrogen and oxygen atoms in total. The fourth-order valence-corrected chi connectivity index (χ4v) is 4.50. The second-order valence-corrected chi connectivity index (χ2v) is 8.43. The number of anilines is 1. The van der Waals surface area contributed by atoms with E-state index in [2.05, 4.69) is 10.2 Å². The van der Waals surface area contributed by atoms with Crippen molar-refractivity contribution in [1.82, 2.24) is 15.2 Å². The number of nitrogens with one attached hydrogen (secondary N) is 1. The molecular weight excluding hydrogens is 423 g/mol. The van der Waals surface area contributed by atoms with Crippen molar-refractivity contribution in [1.29, 1.82) is 0 Å². The topological polar surface area (TPSA) is 57.7 Å². The second kappa shape index (κ2) is 9.86. The van der Waals surface area contributed by atoms with E-state index in [9.17, 15) is 4.79 Å². The maximum atomic E-state index is 12.6. The van der Waals surface area contributed by atoms with Crippen LogP contribution < -0.4 is 10.2 Å². The molecule has 2 aliphatic heterocycles. The maximum absolute atomic E-state index is 12.6. The van der Waals surface area contributed by atoms with E-state index < -0.39 is 0 Å². The Balaban J connectivity index is 1.29. The average Bonchev–Trinajstić information content (AvgIpc) is 2.80. The lowest BCUT2D eigenvalue weighted by molar-refractivity contribution is 0.122. The molecule has 1 N–H and O–H groups in total. The Kier molecular flexibility index (Phi) is 6.97. The number of urea groups is 1. The van der Waals surface area contributed by atoms with Gasteiger partial charge in [-0.1, -0.05) is 41.4 Å². The van der Waals surface area contributed by atoms with E-state index in [0.29, 0.717) is 35.6 Å². The molecule has 0 saturated carbocycles. The van der Waals surface area contributed by atoms with Crippen LogP contribution in [0.2, 0.25) is 10.0 Å².